The smallest absolute Gasteiger partial charge is 0.359 e. The zero-order valence-electron chi connectivity index (χ0n) is 15.8. The number of ether oxygens (including phenoxy) is 2. The van der Waals surface area contributed by atoms with Crippen molar-refractivity contribution in [2.24, 2.45) is 5.92 Å². The van der Waals surface area contributed by atoms with Gasteiger partial charge in [0.15, 0.2) is 5.69 Å². The van der Waals surface area contributed by atoms with Crippen LogP contribution in [-0.4, -0.2) is 78.1 Å². The normalized spacial score (nSPS) is 21.6. The summed E-state index contributed by atoms with van der Waals surface area (Å²) in [6.45, 7) is 10.8. The first-order valence-electron chi connectivity index (χ1n) is 10.0. The first kappa shape index (κ1) is 17.9. The van der Waals surface area contributed by atoms with Crippen molar-refractivity contribution in [3.63, 3.8) is 0 Å². The number of hydrogen-bond acceptors (Lipinski definition) is 6. The number of carbonyl (C=O) groups is 1. The van der Waals surface area contributed by atoms with Gasteiger partial charge < -0.3 is 9.47 Å². The van der Waals surface area contributed by atoms with Gasteiger partial charge in [-0.05, 0) is 25.7 Å². The third kappa shape index (κ3) is 4.10. The molecule has 0 amide bonds. The SMILES string of the molecule is CCOC(=O)c1nn(CC2CC2)c2c1CN(CCN1CCOCC1)CC2. The Morgan fingerprint density at radius 2 is 1.96 bits per heavy atom. The maximum atomic E-state index is 12.4. The van der Waals surface area contributed by atoms with Crippen molar-refractivity contribution in [2.75, 3.05) is 52.5 Å². The summed E-state index contributed by atoms with van der Waals surface area (Å²) in [6, 6.07) is 0. The van der Waals surface area contributed by atoms with Crippen LogP contribution in [0.2, 0.25) is 0 Å². The molecule has 7 nitrogen and oxygen atoms in total. The Hall–Kier alpha value is -1.44. The van der Waals surface area contributed by atoms with Crippen molar-refractivity contribution < 1.29 is 14.3 Å². The van der Waals surface area contributed by atoms with Gasteiger partial charge in [0.2, 0.25) is 0 Å². The topological polar surface area (TPSA) is 59.8 Å². The van der Waals surface area contributed by atoms with Crippen LogP contribution >= 0.6 is 0 Å². The van der Waals surface area contributed by atoms with Gasteiger partial charge in [0.1, 0.15) is 0 Å². The molecule has 0 atom stereocenters. The lowest BCUT2D eigenvalue weighted by molar-refractivity contribution is 0.0325. The van der Waals surface area contributed by atoms with Crippen LogP contribution in [0.25, 0.3) is 0 Å². The van der Waals surface area contributed by atoms with Gasteiger partial charge in [0, 0.05) is 63.5 Å². The maximum Gasteiger partial charge on any atom is 0.359 e. The van der Waals surface area contributed by atoms with Gasteiger partial charge in [-0.2, -0.15) is 5.10 Å². The summed E-state index contributed by atoms with van der Waals surface area (Å²) in [7, 11) is 0. The number of hydrogen-bond donors (Lipinski definition) is 0. The summed E-state index contributed by atoms with van der Waals surface area (Å²) in [5, 5.41) is 4.66. The van der Waals surface area contributed by atoms with Crippen molar-refractivity contribution in [1.82, 2.24) is 19.6 Å². The molecule has 0 bridgehead atoms. The molecule has 1 aliphatic carbocycles. The van der Waals surface area contributed by atoms with Crippen LogP contribution in [0.15, 0.2) is 0 Å². The predicted octanol–water partition coefficient (Wildman–Crippen LogP) is 1.16. The van der Waals surface area contributed by atoms with Crippen molar-refractivity contribution in [1.29, 1.82) is 0 Å². The third-order valence-corrected chi connectivity index (χ3v) is 5.65. The highest BCUT2D eigenvalue weighted by Crippen LogP contribution is 2.32. The number of carbonyl (C=O) groups excluding carboxylic acids is 1. The van der Waals surface area contributed by atoms with Gasteiger partial charge in [0.25, 0.3) is 0 Å². The molecule has 1 saturated heterocycles. The quantitative estimate of drug-likeness (QED) is 0.679. The second-order valence-corrected chi connectivity index (χ2v) is 7.60. The third-order valence-electron chi connectivity index (χ3n) is 5.65. The summed E-state index contributed by atoms with van der Waals surface area (Å²) >= 11 is 0. The van der Waals surface area contributed by atoms with E-state index in [4.69, 9.17) is 9.47 Å². The summed E-state index contributed by atoms with van der Waals surface area (Å²) in [4.78, 5) is 17.3. The van der Waals surface area contributed by atoms with Crippen molar-refractivity contribution in [2.45, 2.75) is 39.3 Å². The zero-order chi connectivity index (χ0) is 17.9. The van der Waals surface area contributed by atoms with Gasteiger partial charge in [0.05, 0.1) is 19.8 Å². The fourth-order valence-corrected chi connectivity index (χ4v) is 3.90. The van der Waals surface area contributed by atoms with Crippen molar-refractivity contribution in [3.05, 3.63) is 17.0 Å². The van der Waals surface area contributed by atoms with E-state index >= 15 is 0 Å². The lowest BCUT2D eigenvalue weighted by Gasteiger charge is -2.32. The Labute approximate surface area is 155 Å². The molecule has 3 heterocycles. The van der Waals surface area contributed by atoms with Crippen LogP contribution < -0.4 is 0 Å². The first-order valence-corrected chi connectivity index (χ1v) is 10.0. The van der Waals surface area contributed by atoms with Crippen LogP contribution in [0, 0.1) is 5.92 Å². The molecule has 0 N–H and O–H groups in total. The highest BCUT2D eigenvalue weighted by molar-refractivity contribution is 5.89. The monoisotopic (exact) mass is 362 g/mol. The molecule has 4 rings (SSSR count). The van der Waals surface area contributed by atoms with E-state index in [9.17, 15) is 4.79 Å². The van der Waals surface area contributed by atoms with E-state index in [1.54, 1.807) is 0 Å². The Morgan fingerprint density at radius 1 is 1.19 bits per heavy atom. The lowest BCUT2D eigenvalue weighted by atomic mass is 10.0. The number of rotatable bonds is 7. The molecule has 0 radical (unpaired) electrons. The highest BCUT2D eigenvalue weighted by Gasteiger charge is 2.31. The largest absolute Gasteiger partial charge is 0.461 e. The molecule has 1 aromatic rings. The Balaban J connectivity index is 1.44. The molecule has 1 saturated carbocycles. The Kier molecular flexibility index (Phi) is 5.57. The Morgan fingerprint density at radius 3 is 2.69 bits per heavy atom. The summed E-state index contributed by atoms with van der Waals surface area (Å²) in [5.41, 5.74) is 2.89. The van der Waals surface area contributed by atoms with E-state index in [-0.39, 0.29) is 5.97 Å². The van der Waals surface area contributed by atoms with Gasteiger partial charge in [-0.15, -0.1) is 0 Å². The zero-order valence-corrected chi connectivity index (χ0v) is 15.8. The molecule has 2 aliphatic heterocycles. The van der Waals surface area contributed by atoms with E-state index in [0.29, 0.717) is 12.3 Å². The highest BCUT2D eigenvalue weighted by atomic mass is 16.5. The number of nitrogens with zero attached hydrogens (tertiary/aromatic N) is 4. The van der Waals surface area contributed by atoms with Crippen LogP contribution in [-0.2, 0) is 29.0 Å². The van der Waals surface area contributed by atoms with Crippen molar-refractivity contribution in [3.8, 4) is 0 Å². The van der Waals surface area contributed by atoms with Crippen LogP contribution in [0.5, 0.6) is 0 Å². The molecule has 1 aromatic heterocycles. The van der Waals surface area contributed by atoms with E-state index in [1.165, 1.54) is 18.5 Å². The summed E-state index contributed by atoms with van der Waals surface area (Å²) in [5.74, 6) is 0.474. The van der Waals surface area contributed by atoms with Gasteiger partial charge in [-0.25, -0.2) is 4.79 Å². The van der Waals surface area contributed by atoms with E-state index in [2.05, 4.69) is 19.6 Å². The average Bonchev–Trinajstić information content (AvgIpc) is 3.41. The second-order valence-electron chi connectivity index (χ2n) is 7.60. The van der Waals surface area contributed by atoms with Gasteiger partial charge in [-0.3, -0.25) is 14.5 Å². The summed E-state index contributed by atoms with van der Waals surface area (Å²) in [6.07, 6.45) is 3.54. The molecule has 144 valence electrons. The molecule has 7 heteroatoms. The molecule has 0 aromatic carbocycles. The lowest BCUT2D eigenvalue weighted by Crippen LogP contribution is -2.42. The van der Waals surface area contributed by atoms with Gasteiger partial charge in [-0.1, -0.05) is 0 Å². The van der Waals surface area contributed by atoms with Crippen LogP contribution in [0.4, 0.5) is 0 Å². The minimum absolute atomic E-state index is 0.270. The van der Waals surface area contributed by atoms with E-state index in [1.807, 2.05) is 6.92 Å². The molecule has 2 fully saturated rings. The number of morpholine rings is 1. The standard InChI is InChI=1S/C19H30N4O3/c1-2-26-19(24)18-16-14-22(8-7-21-9-11-25-12-10-21)6-5-17(16)23(20-18)13-15-3-4-15/h15H,2-14H2,1H3. The molecular weight excluding hydrogens is 332 g/mol. The van der Waals surface area contributed by atoms with E-state index < -0.39 is 0 Å². The molecule has 26 heavy (non-hydrogen) atoms. The number of aromatic nitrogens is 2. The molecule has 0 spiro atoms. The fourth-order valence-electron chi connectivity index (χ4n) is 3.90. The van der Waals surface area contributed by atoms with Crippen molar-refractivity contribution >= 4 is 5.97 Å². The number of esters is 1. The fraction of sp³-hybridized carbons (Fsp3) is 0.789. The molecule has 0 unspecified atom stereocenters. The minimum Gasteiger partial charge on any atom is -0.461 e. The number of fused-ring (bicyclic) bond motifs is 1. The second kappa shape index (κ2) is 8.06. The van der Waals surface area contributed by atoms with Gasteiger partial charge >= 0.3 is 5.97 Å². The molecule has 3 aliphatic rings. The average molecular weight is 362 g/mol. The van der Waals surface area contributed by atoms with Crippen LogP contribution in [0.1, 0.15) is 41.5 Å². The van der Waals surface area contributed by atoms with Crippen LogP contribution in [0.3, 0.4) is 0 Å². The molecular formula is C19H30N4O3. The Bertz CT molecular complexity index is 635. The summed E-state index contributed by atoms with van der Waals surface area (Å²) < 4.78 is 12.8. The minimum atomic E-state index is -0.270. The predicted molar refractivity (Wildman–Crippen MR) is 97.1 cm³/mol. The maximum absolute atomic E-state index is 12.4. The van der Waals surface area contributed by atoms with E-state index in [0.717, 1.165) is 76.9 Å². The first-order chi connectivity index (χ1) is 12.7.